The lowest BCUT2D eigenvalue weighted by molar-refractivity contribution is -0.0348. The average molecular weight is 533 g/mol. The summed E-state index contributed by atoms with van der Waals surface area (Å²) in [6.07, 6.45) is 3.55. The van der Waals surface area contributed by atoms with Crippen LogP contribution in [0.25, 0.3) is 0 Å². The Morgan fingerprint density at radius 3 is 2.79 bits per heavy atom. The number of nitrogens with zero attached hydrogens (tertiary/aromatic N) is 5. The molecule has 204 valence electrons. The summed E-state index contributed by atoms with van der Waals surface area (Å²) in [5, 5.41) is 11.5. The Balaban J connectivity index is 1.13. The molecule has 3 heterocycles. The smallest absolute Gasteiger partial charge is 0.282 e. The predicted molar refractivity (Wildman–Crippen MR) is 143 cm³/mol. The minimum atomic E-state index is -0.508. The highest BCUT2D eigenvalue weighted by Crippen LogP contribution is 2.52. The van der Waals surface area contributed by atoms with Crippen LogP contribution < -0.4 is 19.7 Å². The second-order valence-corrected chi connectivity index (χ2v) is 11.0. The van der Waals surface area contributed by atoms with Crippen molar-refractivity contribution in [2.75, 3.05) is 24.5 Å². The third-order valence-electron chi connectivity index (χ3n) is 7.99. The molecule has 2 fully saturated rings. The van der Waals surface area contributed by atoms with E-state index in [-0.39, 0.29) is 40.7 Å². The van der Waals surface area contributed by atoms with Crippen LogP contribution in [-0.2, 0) is 13.1 Å². The van der Waals surface area contributed by atoms with E-state index in [1.807, 2.05) is 20.8 Å². The van der Waals surface area contributed by atoms with Crippen LogP contribution in [0.3, 0.4) is 0 Å². The summed E-state index contributed by atoms with van der Waals surface area (Å²) in [4.78, 5) is 21.4. The summed E-state index contributed by atoms with van der Waals surface area (Å²) in [6, 6.07) is 10.2. The summed E-state index contributed by atoms with van der Waals surface area (Å²) < 4.78 is 26.6. The fourth-order valence-corrected chi connectivity index (χ4v) is 6.05. The van der Waals surface area contributed by atoms with E-state index in [4.69, 9.17) is 9.47 Å². The van der Waals surface area contributed by atoms with Crippen molar-refractivity contribution in [1.82, 2.24) is 25.4 Å². The zero-order valence-electron chi connectivity index (χ0n) is 22.5. The summed E-state index contributed by atoms with van der Waals surface area (Å²) >= 11 is 0. The fourth-order valence-electron chi connectivity index (χ4n) is 6.05. The van der Waals surface area contributed by atoms with E-state index >= 15 is 0 Å². The number of carbonyl (C=O) groups excluding carboxylic acids is 1. The van der Waals surface area contributed by atoms with E-state index in [0.717, 1.165) is 44.8 Å². The zero-order chi connectivity index (χ0) is 27.1. The molecule has 0 unspecified atom stereocenters. The molecule has 0 bridgehead atoms. The first-order valence-corrected chi connectivity index (χ1v) is 13.5. The van der Waals surface area contributed by atoms with Crippen molar-refractivity contribution in [3.8, 4) is 17.4 Å². The molecular weight excluding hydrogens is 499 g/mol. The number of halogens is 1. The van der Waals surface area contributed by atoms with Gasteiger partial charge < -0.3 is 24.6 Å². The normalized spacial score (nSPS) is 17.5. The number of amides is 1. The summed E-state index contributed by atoms with van der Waals surface area (Å²) in [5.41, 5.74) is 2.91. The fraction of sp³-hybridized carbons (Fsp3) is 0.448. The van der Waals surface area contributed by atoms with Crippen molar-refractivity contribution in [2.45, 2.75) is 58.8 Å². The van der Waals surface area contributed by atoms with Gasteiger partial charge in [-0.3, -0.25) is 4.79 Å². The standard InChI is InChI=1S/C29H33FN6O3/c1-4-36(18(2)3)28(37)22-10-20(30)8-9-25(22)39-27-26(32-17-33-34-27)35-15-29(16-35)11-21(12-29)38-24-7-5-6-19-13-31-14-23(19)24/h5-10,17-18,21,31H,4,11-16H2,1-3H3. The van der Waals surface area contributed by atoms with Gasteiger partial charge in [-0.2, -0.15) is 0 Å². The lowest BCUT2D eigenvalue weighted by Gasteiger charge is -2.58. The quantitative estimate of drug-likeness (QED) is 0.459. The largest absolute Gasteiger partial charge is 0.490 e. The number of benzene rings is 2. The monoisotopic (exact) mass is 532 g/mol. The van der Waals surface area contributed by atoms with Gasteiger partial charge in [0.1, 0.15) is 29.7 Å². The molecule has 10 heteroatoms. The molecule has 1 saturated heterocycles. The molecule has 3 aromatic rings. The molecule has 1 amide bonds. The van der Waals surface area contributed by atoms with Gasteiger partial charge in [-0.15, -0.1) is 10.2 Å². The molecule has 1 aromatic heterocycles. The van der Waals surface area contributed by atoms with Gasteiger partial charge in [0, 0.05) is 49.7 Å². The Kier molecular flexibility index (Phi) is 6.58. The molecule has 9 nitrogen and oxygen atoms in total. The summed E-state index contributed by atoms with van der Waals surface area (Å²) in [5.74, 6) is 1.16. The third kappa shape index (κ3) is 4.78. The van der Waals surface area contributed by atoms with Gasteiger partial charge >= 0.3 is 0 Å². The Bertz CT molecular complexity index is 1390. The molecule has 0 radical (unpaired) electrons. The first-order valence-electron chi connectivity index (χ1n) is 13.5. The molecule has 6 rings (SSSR count). The van der Waals surface area contributed by atoms with Crippen molar-refractivity contribution in [3.05, 3.63) is 65.2 Å². The Morgan fingerprint density at radius 1 is 1.21 bits per heavy atom. The number of rotatable bonds is 8. The van der Waals surface area contributed by atoms with Crippen LogP contribution in [0.2, 0.25) is 0 Å². The van der Waals surface area contributed by atoms with Crippen molar-refractivity contribution in [3.63, 3.8) is 0 Å². The molecule has 2 aliphatic heterocycles. The number of fused-ring (bicyclic) bond motifs is 1. The summed E-state index contributed by atoms with van der Waals surface area (Å²) in [6.45, 7) is 9.60. The Morgan fingerprint density at radius 2 is 2.03 bits per heavy atom. The molecule has 1 spiro atoms. The SMILES string of the molecule is CCN(C(=O)c1cc(F)ccc1Oc1nncnc1N1CC2(CC(Oc3cccc4c3CNC4)C2)C1)C(C)C. The van der Waals surface area contributed by atoms with Crippen LogP contribution >= 0.6 is 0 Å². The van der Waals surface area contributed by atoms with E-state index < -0.39 is 5.82 Å². The lowest BCUT2D eigenvalue weighted by Crippen LogP contribution is -2.65. The van der Waals surface area contributed by atoms with Crippen LogP contribution in [0.4, 0.5) is 10.2 Å². The number of ether oxygens (including phenoxy) is 2. The molecule has 1 saturated carbocycles. The number of nitrogens with one attached hydrogen (secondary N) is 1. The molecular formula is C29H33FN6O3. The van der Waals surface area contributed by atoms with Crippen molar-refractivity contribution in [2.24, 2.45) is 5.41 Å². The molecule has 1 aliphatic carbocycles. The van der Waals surface area contributed by atoms with Crippen LogP contribution in [0.15, 0.2) is 42.7 Å². The topological polar surface area (TPSA) is 92.7 Å². The number of aromatic nitrogens is 3. The number of hydrogen-bond donors (Lipinski definition) is 1. The maximum atomic E-state index is 14.2. The Labute approximate surface area is 227 Å². The first kappa shape index (κ1) is 25.5. The molecule has 2 aromatic carbocycles. The Hall–Kier alpha value is -3.79. The minimum Gasteiger partial charge on any atom is -0.490 e. The minimum absolute atomic E-state index is 0.0422. The zero-order valence-corrected chi connectivity index (χ0v) is 22.5. The maximum Gasteiger partial charge on any atom is 0.282 e. The van der Waals surface area contributed by atoms with E-state index in [2.05, 4.69) is 43.6 Å². The van der Waals surface area contributed by atoms with Crippen molar-refractivity contribution in [1.29, 1.82) is 0 Å². The highest BCUT2D eigenvalue weighted by Gasteiger charge is 2.54. The van der Waals surface area contributed by atoms with E-state index in [0.29, 0.717) is 12.4 Å². The molecule has 39 heavy (non-hydrogen) atoms. The number of carbonyl (C=O) groups is 1. The van der Waals surface area contributed by atoms with Gasteiger partial charge in [0.25, 0.3) is 11.8 Å². The average Bonchev–Trinajstić information content (AvgIpc) is 3.36. The molecule has 3 aliphatic rings. The maximum absolute atomic E-state index is 14.2. The van der Waals surface area contributed by atoms with Gasteiger partial charge in [0.15, 0.2) is 5.82 Å². The van der Waals surface area contributed by atoms with Gasteiger partial charge in [-0.05, 0) is 63.4 Å². The molecule has 0 atom stereocenters. The molecule has 1 N–H and O–H groups in total. The van der Waals surface area contributed by atoms with Gasteiger partial charge in [0.2, 0.25) is 0 Å². The predicted octanol–water partition coefficient (Wildman–Crippen LogP) is 4.32. The van der Waals surface area contributed by atoms with Crippen LogP contribution in [-0.4, -0.2) is 57.8 Å². The highest BCUT2D eigenvalue weighted by molar-refractivity contribution is 5.97. The van der Waals surface area contributed by atoms with Crippen molar-refractivity contribution < 1.29 is 18.7 Å². The highest BCUT2D eigenvalue weighted by atomic mass is 19.1. The first-order chi connectivity index (χ1) is 18.9. The van der Waals surface area contributed by atoms with Crippen molar-refractivity contribution >= 4 is 11.7 Å². The second kappa shape index (κ2) is 10.1. The second-order valence-electron chi connectivity index (χ2n) is 11.0. The number of anilines is 1. The van der Waals surface area contributed by atoms with E-state index in [1.54, 1.807) is 4.90 Å². The van der Waals surface area contributed by atoms with Gasteiger partial charge in [0.05, 0.1) is 5.56 Å². The summed E-state index contributed by atoms with van der Waals surface area (Å²) in [7, 11) is 0. The lowest BCUT2D eigenvalue weighted by atomic mass is 9.61. The number of hydrogen-bond acceptors (Lipinski definition) is 8. The third-order valence-corrected chi connectivity index (χ3v) is 7.99. The van der Waals surface area contributed by atoms with E-state index in [9.17, 15) is 9.18 Å². The van der Waals surface area contributed by atoms with Crippen LogP contribution in [0, 0.1) is 11.2 Å². The van der Waals surface area contributed by atoms with Gasteiger partial charge in [-0.1, -0.05) is 12.1 Å². The van der Waals surface area contributed by atoms with Gasteiger partial charge in [-0.25, -0.2) is 9.37 Å². The van der Waals surface area contributed by atoms with Crippen LogP contribution in [0.1, 0.15) is 55.1 Å². The van der Waals surface area contributed by atoms with E-state index in [1.165, 1.54) is 35.7 Å². The van der Waals surface area contributed by atoms with Crippen LogP contribution in [0.5, 0.6) is 17.4 Å².